The van der Waals surface area contributed by atoms with Gasteiger partial charge in [-0.05, 0) is 74.7 Å². The highest BCUT2D eigenvalue weighted by atomic mass is 32.2. The summed E-state index contributed by atoms with van der Waals surface area (Å²) >= 11 is 0. The van der Waals surface area contributed by atoms with Gasteiger partial charge in [0, 0.05) is 59.4 Å². The molecule has 6 heteroatoms. The average molecular weight is 425 g/mol. The maximum Gasteiger partial charge on any atom is 0.0991 e. The Morgan fingerprint density at radius 3 is 2.53 bits per heavy atom. The Morgan fingerprint density at radius 2 is 1.93 bits per heavy atom. The van der Waals surface area contributed by atoms with Gasteiger partial charge in [-0.15, -0.1) is 0 Å². The predicted molar refractivity (Wildman–Crippen MR) is 124 cm³/mol. The molecule has 2 aromatic carbocycles. The molecule has 0 aliphatic carbocycles. The third-order valence-electron chi connectivity index (χ3n) is 5.81. The first kappa shape index (κ1) is 22.5. The monoisotopic (exact) mass is 424 g/mol. The van der Waals surface area contributed by atoms with Gasteiger partial charge in [-0.25, -0.2) is 0 Å². The first-order valence-corrected chi connectivity index (χ1v) is 12.2. The first-order valence-electron chi connectivity index (χ1n) is 10.6. The molecule has 1 aliphatic rings. The van der Waals surface area contributed by atoms with Gasteiger partial charge in [-0.1, -0.05) is 12.1 Å². The van der Waals surface area contributed by atoms with E-state index in [9.17, 15) is 9.47 Å². The molecule has 160 valence electrons. The number of nitrogens with zero attached hydrogens (tertiary/aromatic N) is 3. The smallest absolute Gasteiger partial charge is 0.0991 e. The van der Waals surface area contributed by atoms with E-state index in [4.69, 9.17) is 5.73 Å². The van der Waals surface area contributed by atoms with Crippen LogP contribution in [0.5, 0.6) is 0 Å². The summed E-state index contributed by atoms with van der Waals surface area (Å²) in [7, 11) is -0.980. The standard InChI is InChI=1S/C24H32N4OS/c1-19(26)10-13-27-14-11-23(12-15-27)28(18-21-5-3-4-20(16-21)17-25)22-6-8-24(9-7-22)30(2)29/h3-9,16,19,23H,10-15,18,26H2,1-2H3. The molecule has 2 atom stereocenters. The quantitative estimate of drug-likeness (QED) is 0.702. The van der Waals surface area contributed by atoms with Crippen molar-refractivity contribution in [3.8, 4) is 6.07 Å². The number of piperidine rings is 1. The number of rotatable bonds is 8. The fraction of sp³-hybridized carbons (Fsp3) is 0.458. The molecule has 0 radical (unpaired) electrons. The Morgan fingerprint density at radius 1 is 1.23 bits per heavy atom. The lowest BCUT2D eigenvalue weighted by atomic mass is 10.00. The minimum absolute atomic E-state index is 0.245. The molecule has 2 aromatic rings. The van der Waals surface area contributed by atoms with Crippen LogP contribution in [0.2, 0.25) is 0 Å². The highest BCUT2D eigenvalue weighted by Gasteiger charge is 2.25. The number of hydrogen-bond acceptors (Lipinski definition) is 5. The molecule has 1 fully saturated rings. The van der Waals surface area contributed by atoms with Crippen LogP contribution < -0.4 is 10.6 Å². The van der Waals surface area contributed by atoms with Crippen molar-refractivity contribution in [2.45, 2.75) is 49.7 Å². The number of benzene rings is 2. The van der Waals surface area contributed by atoms with Crippen molar-refractivity contribution in [1.82, 2.24) is 4.90 Å². The van der Waals surface area contributed by atoms with Gasteiger partial charge in [0.1, 0.15) is 0 Å². The van der Waals surface area contributed by atoms with Gasteiger partial charge in [0.05, 0.1) is 11.6 Å². The van der Waals surface area contributed by atoms with Crippen LogP contribution in [-0.2, 0) is 17.3 Å². The largest absolute Gasteiger partial charge is 0.364 e. The molecule has 3 rings (SSSR count). The maximum atomic E-state index is 11.8. The molecule has 0 amide bonds. The van der Waals surface area contributed by atoms with Gasteiger partial charge >= 0.3 is 0 Å². The van der Waals surface area contributed by atoms with Crippen molar-refractivity contribution in [3.63, 3.8) is 0 Å². The Bertz CT molecular complexity index is 883. The lowest BCUT2D eigenvalue weighted by Crippen LogP contribution is -2.45. The third-order valence-corrected chi connectivity index (χ3v) is 6.74. The lowest BCUT2D eigenvalue weighted by Gasteiger charge is -2.40. The summed E-state index contributed by atoms with van der Waals surface area (Å²) in [5.41, 5.74) is 8.89. The number of nitriles is 1. The number of hydrogen-bond donors (Lipinski definition) is 1. The normalized spacial score (nSPS) is 17.3. The average Bonchev–Trinajstić information content (AvgIpc) is 2.76. The van der Waals surface area contributed by atoms with E-state index in [1.807, 2.05) is 30.3 Å². The summed E-state index contributed by atoms with van der Waals surface area (Å²) < 4.78 is 11.8. The van der Waals surface area contributed by atoms with Crippen LogP contribution in [0.1, 0.15) is 37.3 Å². The molecule has 0 saturated carbocycles. The van der Waals surface area contributed by atoms with Crippen molar-refractivity contribution < 1.29 is 4.21 Å². The summed E-state index contributed by atoms with van der Waals surface area (Å²) in [5, 5.41) is 9.26. The van der Waals surface area contributed by atoms with E-state index in [-0.39, 0.29) is 6.04 Å². The van der Waals surface area contributed by atoms with E-state index < -0.39 is 10.8 Å². The van der Waals surface area contributed by atoms with E-state index in [1.165, 1.54) is 0 Å². The Hall–Kier alpha value is -2.20. The highest BCUT2D eigenvalue weighted by Crippen LogP contribution is 2.27. The molecule has 1 saturated heterocycles. The first-order chi connectivity index (χ1) is 14.5. The van der Waals surface area contributed by atoms with Crippen LogP contribution in [0, 0.1) is 11.3 Å². The number of anilines is 1. The summed E-state index contributed by atoms with van der Waals surface area (Å²) in [6.07, 6.45) is 4.93. The lowest BCUT2D eigenvalue weighted by molar-refractivity contribution is 0.203. The highest BCUT2D eigenvalue weighted by molar-refractivity contribution is 7.84. The number of likely N-dealkylation sites (tertiary alicyclic amines) is 1. The van der Waals surface area contributed by atoms with Crippen molar-refractivity contribution >= 4 is 16.5 Å². The van der Waals surface area contributed by atoms with Crippen LogP contribution in [0.15, 0.2) is 53.4 Å². The van der Waals surface area contributed by atoms with E-state index >= 15 is 0 Å². The van der Waals surface area contributed by atoms with Gasteiger partial charge in [-0.2, -0.15) is 5.26 Å². The number of nitrogens with two attached hydrogens (primary N) is 1. The Kier molecular flexibility index (Phi) is 8.03. The van der Waals surface area contributed by atoms with Crippen LogP contribution >= 0.6 is 0 Å². The SMILES string of the molecule is CC(N)CCN1CCC(N(Cc2cccc(C#N)c2)c2ccc(S(C)=O)cc2)CC1. The zero-order valence-electron chi connectivity index (χ0n) is 18.0. The molecule has 2 unspecified atom stereocenters. The third kappa shape index (κ3) is 6.15. The van der Waals surface area contributed by atoms with Crippen molar-refractivity contribution in [3.05, 3.63) is 59.7 Å². The summed E-state index contributed by atoms with van der Waals surface area (Å²) in [6.45, 7) is 6.03. The van der Waals surface area contributed by atoms with E-state index in [1.54, 1.807) is 6.26 Å². The molecule has 1 aliphatic heterocycles. The van der Waals surface area contributed by atoms with Gasteiger partial charge in [0.15, 0.2) is 0 Å². The molecule has 1 heterocycles. The second-order valence-electron chi connectivity index (χ2n) is 8.23. The van der Waals surface area contributed by atoms with E-state index in [0.29, 0.717) is 11.6 Å². The van der Waals surface area contributed by atoms with Crippen LogP contribution in [-0.4, -0.2) is 47.1 Å². The minimum atomic E-state index is -0.980. The molecule has 0 aromatic heterocycles. The Labute approximate surface area is 182 Å². The van der Waals surface area contributed by atoms with Crippen molar-refractivity contribution in [1.29, 1.82) is 5.26 Å². The van der Waals surface area contributed by atoms with Crippen molar-refractivity contribution in [2.24, 2.45) is 5.73 Å². The zero-order valence-corrected chi connectivity index (χ0v) is 18.8. The molecule has 5 nitrogen and oxygen atoms in total. The second kappa shape index (κ2) is 10.7. The van der Waals surface area contributed by atoms with Gasteiger partial charge < -0.3 is 15.5 Å². The van der Waals surface area contributed by atoms with Gasteiger partial charge in [0.25, 0.3) is 0 Å². The predicted octanol–water partition coefficient (Wildman–Crippen LogP) is 3.50. The fourth-order valence-corrected chi connectivity index (χ4v) is 4.56. The van der Waals surface area contributed by atoms with Crippen LogP contribution in [0.3, 0.4) is 0 Å². The van der Waals surface area contributed by atoms with Gasteiger partial charge in [0.2, 0.25) is 0 Å². The van der Waals surface area contributed by atoms with Crippen LogP contribution in [0.25, 0.3) is 0 Å². The molecule has 0 bridgehead atoms. The second-order valence-corrected chi connectivity index (χ2v) is 9.61. The Balaban J connectivity index is 1.77. The summed E-state index contributed by atoms with van der Waals surface area (Å²) in [5.74, 6) is 0. The zero-order chi connectivity index (χ0) is 21.5. The van der Waals surface area contributed by atoms with E-state index in [2.05, 4.69) is 41.0 Å². The molecule has 2 N–H and O–H groups in total. The molecular formula is C24H32N4OS. The van der Waals surface area contributed by atoms with Crippen molar-refractivity contribution in [2.75, 3.05) is 30.8 Å². The fourth-order valence-electron chi connectivity index (χ4n) is 4.04. The summed E-state index contributed by atoms with van der Waals surface area (Å²) in [4.78, 5) is 5.80. The topological polar surface area (TPSA) is 73.4 Å². The minimum Gasteiger partial charge on any atom is -0.364 e. The molecule has 0 spiro atoms. The van der Waals surface area contributed by atoms with Crippen LogP contribution in [0.4, 0.5) is 5.69 Å². The summed E-state index contributed by atoms with van der Waals surface area (Å²) in [6, 6.07) is 18.8. The maximum absolute atomic E-state index is 11.8. The van der Waals surface area contributed by atoms with Gasteiger partial charge in [-0.3, -0.25) is 4.21 Å². The molecule has 30 heavy (non-hydrogen) atoms. The van der Waals surface area contributed by atoms with E-state index in [0.717, 1.165) is 61.6 Å². The molecular weight excluding hydrogens is 392 g/mol.